The zero-order valence-electron chi connectivity index (χ0n) is 6.60. The lowest BCUT2D eigenvalue weighted by atomic mass is 9.98. The average Bonchev–Trinajstić information content (AvgIpc) is 2.29. The molecule has 1 heterocycles. The highest BCUT2D eigenvalue weighted by molar-refractivity contribution is 5.83. The van der Waals surface area contributed by atoms with Crippen molar-refractivity contribution in [1.82, 2.24) is 0 Å². The van der Waals surface area contributed by atoms with Crippen LogP contribution in [-0.4, -0.2) is 34.2 Å². The second kappa shape index (κ2) is 3.42. The summed E-state index contributed by atoms with van der Waals surface area (Å²) in [5.74, 6) is -3.83. The lowest BCUT2D eigenvalue weighted by Gasteiger charge is -2.09. The van der Waals surface area contributed by atoms with Crippen molar-refractivity contribution in [3.8, 4) is 0 Å². The van der Waals surface area contributed by atoms with Crippen molar-refractivity contribution in [2.75, 3.05) is 0 Å². The summed E-state index contributed by atoms with van der Waals surface area (Å²) >= 11 is 0. The first-order chi connectivity index (χ1) is 6.00. The van der Waals surface area contributed by atoms with E-state index in [0.717, 1.165) is 0 Å². The van der Waals surface area contributed by atoms with E-state index in [1.165, 1.54) is 0 Å². The van der Waals surface area contributed by atoms with Gasteiger partial charge in [0.2, 0.25) is 6.10 Å². The van der Waals surface area contributed by atoms with Crippen LogP contribution in [-0.2, 0) is 19.1 Å². The van der Waals surface area contributed by atoms with Crippen LogP contribution >= 0.6 is 0 Å². The van der Waals surface area contributed by atoms with Crippen LogP contribution in [0.15, 0.2) is 0 Å². The fourth-order valence-electron chi connectivity index (χ4n) is 1.26. The Morgan fingerprint density at radius 1 is 1.46 bits per heavy atom. The maximum Gasteiger partial charge on any atom is 0.345 e. The molecule has 1 rings (SSSR count). The van der Waals surface area contributed by atoms with Gasteiger partial charge in [-0.1, -0.05) is 0 Å². The summed E-state index contributed by atoms with van der Waals surface area (Å²) in [4.78, 5) is 31.4. The second-order valence-corrected chi connectivity index (χ2v) is 2.81. The molecule has 6 nitrogen and oxygen atoms in total. The number of carboxylic acid groups (broad SMARTS) is 2. The molecule has 0 saturated carbocycles. The Hall–Kier alpha value is -1.59. The van der Waals surface area contributed by atoms with Gasteiger partial charge in [-0.05, 0) is 0 Å². The summed E-state index contributed by atoms with van der Waals surface area (Å²) in [6.07, 6.45) is -1.80. The minimum atomic E-state index is -1.30. The molecule has 13 heavy (non-hydrogen) atoms. The number of esters is 1. The summed E-state index contributed by atoms with van der Waals surface area (Å²) < 4.78 is 4.43. The lowest BCUT2D eigenvalue weighted by molar-refractivity contribution is -0.158. The Kier molecular flexibility index (Phi) is 2.50. The Balaban J connectivity index is 2.66. The number of hydrogen-bond donors (Lipinski definition) is 2. The normalized spacial score (nSPS) is 26.9. The largest absolute Gasteiger partial charge is 0.481 e. The van der Waals surface area contributed by atoms with E-state index in [9.17, 15) is 14.4 Å². The molecule has 2 N–H and O–H groups in total. The van der Waals surface area contributed by atoms with E-state index < -0.39 is 29.9 Å². The number of aliphatic carboxylic acids is 2. The Labute approximate surface area is 73.1 Å². The standard InChI is InChI=1S/C7H8O6/c8-4(9)1-3-2-5(10)13-6(3)7(11)12/h3,6H,1-2H2,(H,8,9)(H,11,12). The van der Waals surface area contributed by atoms with E-state index in [1.807, 2.05) is 0 Å². The number of carbonyl (C=O) groups excluding carboxylic acids is 1. The Morgan fingerprint density at radius 3 is 2.54 bits per heavy atom. The van der Waals surface area contributed by atoms with E-state index in [2.05, 4.69) is 4.74 Å². The van der Waals surface area contributed by atoms with Gasteiger partial charge in [0.15, 0.2) is 0 Å². The molecule has 0 spiro atoms. The lowest BCUT2D eigenvalue weighted by Crippen LogP contribution is -2.27. The minimum absolute atomic E-state index is 0.136. The number of ether oxygens (including phenoxy) is 1. The molecule has 0 aromatic carbocycles. The smallest absolute Gasteiger partial charge is 0.345 e. The van der Waals surface area contributed by atoms with Gasteiger partial charge in [-0.15, -0.1) is 0 Å². The zero-order valence-corrected chi connectivity index (χ0v) is 6.60. The minimum Gasteiger partial charge on any atom is -0.481 e. The molecular formula is C7H8O6. The van der Waals surface area contributed by atoms with Crippen molar-refractivity contribution in [2.24, 2.45) is 5.92 Å². The van der Waals surface area contributed by atoms with E-state index in [-0.39, 0.29) is 12.8 Å². The van der Waals surface area contributed by atoms with E-state index >= 15 is 0 Å². The van der Waals surface area contributed by atoms with Gasteiger partial charge < -0.3 is 14.9 Å². The summed E-state index contributed by atoms with van der Waals surface area (Å²) in [7, 11) is 0. The van der Waals surface area contributed by atoms with Crippen molar-refractivity contribution in [1.29, 1.82) is 0 Å². The molecule has 0 radical (unpaired) electrons. The van der Waals surface area contributed by atoms with Crippen molar-refractivity contribution < 1.29 is 29.3 Å². The molecule has 1 saturated heterocycles. The molecule has 2 atom stereocenters. The highest BCUT2D eigenvalue weighted by Gasteiger charge is 2.40. The Morgan fingerprint density at radius 2 is 2.08 bits per heavy atom. The number of carbonyl (C=O) groups is 3. The van der Waals surface area contributed by atoms with E-state index in [1.54, 1.807) is 0 Å². The number of carboxylic acids is 2. The molecule has 1 aliphatic rings. The van der Waals surface area contributed by atoms with Gasteiger partial charge in [-0.3, -0.25) is 9.59 Å². The van der Waals surface area contributed by atoms with Gasteiger partial charge in [-0.2, -0.15) is 0 Å². The molecule has 0 aromatic rings. The fraction of sp³-hybridized carbons (Fsp3) is 0.571. The fourth-order valence-corrected chi connectivity index (χ4v) is 1.26. The van der Waals surface area contributed by atoms with Crippen LogP contribution in [0.4, 0.5) is 0 Å². The topological polar surface area (TPSA) is 101 Å². The molecule has 6 heteroatoms. The zero-order chi connectivity index (χ0) is 10.0. The summed E-state index contributed by atoms with van der Waals surface area (Å²) in [6.45, 7) is 0. The highest BCUT2D eigenvalue weighted by atomic mass is 16.6. The predicted molar refractivity (Wildman–Crippen MR) is 37.9 cm³/mol. The van der Waals surface area contributed by atoms with Crippen LogP contribution < -0.4 is 0 Å². The first kappa shape index (κ1) is 9.50. The summed E-state index contributed by atoms with van der Waals surface area (Å²) in [5, 5.41) is 16.9. The summed E-state index contributed by atoms with van der Waals surface area (Å²) in [6, 6.07) is 0. The van der Waals surface area contributed by atoms with Gasteiger partial charge in [0.25, 0.3) is 0 Å². The van der Waals surface area contributed by atoms with E-state index in [4.69, 9.17) is 10.2 Å². The number of rotatable bonds is 3. The second-order valence-electron chi connectivity index (χ2n) is 2.81. The highest BCUT2D eigenvalue weighted by Crippen LogP contribution is 2.25. The maximum absolute atomic E-state index is 10.7. The molecule has 0 bridgehead atoms. The molecule has 72 valence electrons. The average molecular weight is 188 g/mol. The van der Waals surface area contributed by atoms with Crippen LogP contribution in [0.1, 0.15) is 12.8 Å². The van der Waals surface area contributed by atoms with Gasteiger partial charge in [0, 0.05) is 5.92 Å². The molecule has 2 unspecified atom stereocenters. The van der Waals surface area contributed by atoms with Gasteiger partial charge in [0.1, 0.15) is 0 Å². The summed E-state index contributed by atoms with van der Waals surface area (Å²) in [5.41, 5.74) is 0. The van der Waals surface area contributed by atoms with E-state index in [0.29, 0.717) is 0 Å². The maximum atomic E-state index is 10.7. The quantitative estimate of drug-likeness (QED) is 0.578. The van der Waals surface area contributed by atoms with Crippen molar-refractivity contribution in [3.63, 3.8) is 0 Å². The van der Waals surface area contributed by atoms with Crippen LogP contribution in [0.2, 0.25) is 0 Å². The number of hydrogen-bond acceptors (Lipinski definition) is 4. The monoisotopic (exact) mass is 188 g/mol. The number of cyclic esters (lactones) is 1. The van der Waals surface area contributed by atoms with Gasteiger partial charge in [-0.25, -0.2) is 4.79 Å². The molecule has 0 aromatic heterocycles. The third-order valence-electron chi connectivity index (χ3n) is 1.80. The SMILES string of the molecule is O=C(O)CC1CC(=O)OC1C(=O)O. The van der Waals surface area contributed by atoms with Gasteiger partial charge >= 0.3 is 17.9 Å². The molecule has 1 aliphatic heterocycles. The third kappa shape index (κ3) is 2.17. The first-order valence-electron chi connectivity index (χ1n) is 3.65. The van der Waals surface area contributed by atoms with Gasteiger partial charge in [0.05, 0.1) is 12.8 Å². The third-order valence-corrected chi connectivity index (χ3v) is 1.80. The Bertz CT molecular complexity index is 258. The predicted octanol–water partition coefficient (Wildman–Crippen LogP) is -0.523. The molecular weight excluding hydrogens is 180 g/mol. The van der Waals surface area contributed by atoms with Crippen LogP contribution in [0, 0.1) is 5.92 Å². The van der Waals surface area contributed by atoms with Crippen LogP contribution in [0.3, 0.4) is 0 Å². The van der Waals surface area contributed by atoms with Crippen molar-refractivity contribution in [2.45, 2.75) is 18.9 Å². The van der Waals surface area contributed by atoms with Crippen molar-refractivity contribution in [3.05, 3.63) is 0 Å². The van der Waals surface area contributed by atoms with Crippen molar-refractivity contribution >= 4 is 17.9 Å². The van der Waals surface area contributed by atoms with Crippen LogP contribution in [0.5, 0.6) is 0 Å². The molecule has 0 aliphatic carbocycles. The molecule has 0 amide bonds. The molecule has 1 fully saturated rings. The van der Waals surface area contributed by atoms with Crippen LogP contribution in [0.25, 0.3) is 0 Å². The first-order valence-corrected chi connectivity index (χ1v) is 3.65.